The van der Waals surface area contributed by atoms with E-state index in [0.717, 1.165) is 5.32 Å². The van der Waals surface area contributed by atoms with Crippen LogP contribution in [0.5, 0.6) is 0 Å². The second-order valence-electron chi connectivity index (χ2n) is 2.15. The van der Waals surface area contributed by atoms with Gasteiger partial charge in [0.1, 0.15) is 0 Å². The van der Waals surface area contributed by atoms with Crippen molar-refractivity contribution in [3.8, 4) is 0 Å². The van der Waals surface area contributed by atoms with Gasteiger partial charge in [-0.25, -0.2) is 0 Å². The number of aryl methyl sites for hydroxylation is 1. The fourth-order valence-corrected chi connectivity index (χ4v) is 1.22. The Kier molecular flexibility index (Phi) is 2.32. The van der Waals surface area contributed by atoms with Crippen LogP contribution in [0.2, 0.25) is 0 Å². The first-order chi connectivity index (χ1) is 4.33. The molecule has 1 heteroatoms. The molecule has 0 saturated carbocycles. The zero-order chi connectivity index (χ0) is 6.69. The quantitative estimate of drug-likeness (QED) is 0.580. The molecule has 1 aromatic carbocycles. The number of rotatable bonds is 1. The first-order valence-electron chi connectivity index (χ1n) is 2.99. The van der Waals surface area contributed by atoms with Crippen LogP contribution in [0.1, 0.15) is 11.1 Å². The molecule has 0 fully saturated rings. The molecular weight excluding hydrogens is 175 g/mol. The maximum atomic E-state index is 2.58. The average Bonchev–Trinajstić information content (AvgIpc) is 1.88. The summed E-state index contributed by atoms with van der Waals surface area (Å²) in [4.78, 5) is 0. The summed E-state index contributed by atoms with van der Waals surface area (Å²) in [6.07, 6.45) is 0. The predicted molar refractivity (Wildman–Crippen MR) is 42.0 cm³/mol. The number of hydrogen-bond acceptors (Lipinski definition) is 0. The van der Waals surface area contributed by atoms with Gasteiger partial charge in [0.15, 0.2) is 0 Å². The molecule has 0 aromatic heterocycles. The molecule has 0 aliphatic rings. The molecule has 0 N–H and O–H groups in total. The fraction of sp³-hybridized carbons (Fsp3) is 0.250. The standard InChI is InChI=1S/C8H10Se/c1-7-3-2-4-8(5-7)6-9/h2-5,9H,6H2,1H3. The second kappa shape index (κ2) is 3.05. The minimum atomic E-state index is 1.08. The van der Waals surface area contributed by atoms with E-state index in [1.807, 2.05) is 0 Å². The van der Waals surface area contributed by atoms with Crippen molar-refractivity contribution in [1.82, 2.24) is 0 Å². The van der Waals surface area contributed by atoms with E-state index in [1.54, 1.807) is 0 Å². The third-order valence-corrected chi connectivity index (χ3v) is 2.03. The molecule has 48 valence electrons. The molecule has 1 aromatic rings. The topological polar surface area (TPSA) is 0 Å². The van der Waals surface area contributed by atoms with E-state index in [-0.39, 0.29) is 0 Å². The van der Waals surface area contributed by atoms with Crippen LogP contribution < -0.4 is 0 Å². The van der Waals surface area contributed by atoms with Gasteiger partial charge in [0.2, 0.25) is 0 Å². The first kappa shape index (κ1) is 6.85. The van der Waals surface area contributed by atoms with Gasteiger partial charge in [-0.3, -0.25) is 0 Å². The zero-order valence-electron chi connectivity index (χ0n) is 5.46. The fourth-order valence-electron chi connectivity index (χ4n) is 0.810. The van der Waals surface area contributed by atoms with Crippen molar-refractivity contribution in [3.63, 3.8) is 0 Å². The van der Waals surface area contributed by atoms with Crippen molar-refractivity contribution in [3.05, 3.63) is 35.4 Å². The summed E-state index contributed by atoms with van der Waals surface area (Å²) >= 11 is 2.58. The number of benzene rings is 1. The summed E-state index contributed by atoms with van der Waals surface area (Å²) in [6.45, 7) is 2.12. The van der Waals surface area contributed by atoms with Gasteiger partial charge in [0.25, 0.3) is 0 Å². The van der Waals surface area contributed by atoms with Crippen LogP contribution in [-0.2, 0) is 5.32 Å². The Hall–Kier alpha value is -0.261. The molecule has 0 radical (unpaired) electrons. The van der Waals surface area contributed by atoms with Crippen LogP contribution in [0.3, 0.4) is 0 Å². The third-order valence-electron chi connectivity index (χ3n) is 1.27. The molecule has 0 amide bonds. The van der Waals surface area contributed by atoms with Crippen LogP contribution >= 0.6 is 0 Å². The zero-order valence-corrected chi connectivity index (χ0v) is 7.34. The molecule has 0 aliphatic heterocycles. The monoisotopic (exact) mass is 186 g/mol. The predicted octanol–water partition coefficient (Wildman–Crippen LogP) is 1.40. The van der Waals surface area contributed by atoms with Crippen molar-refractivity contribution in [2.75, 3.05) is 0 Å². The Morgan fingerprint density at radius 2 is 2.22 bits per heavy atom. The van der Waals surface area contributed by atoms with Crippen molar-refractivity contribution < 1.29 is 0 Å². The summed E-state index contributed by atoms with van der Waals surface area (Å²) in [6, 6.07) is 8.56. The number of hydrogen-bond donors (Lipinski definition) is 0. The summed E-state index contributed by atoms with van der Waals surface area (Å²) in [5.74, 6) is 0. The third kappa shape index (κ3) is 1.85. The van der Waals surface area contributed by atoms with E-state index < -0.39 is 0 Å². The summed E-state index contributed by atoms with van der Waals surface area (Å²) in [7, 11) is 0. The Morgan fingerprint density at radius 3 is 2.67 bits per heavy atom. The molecule has 0 nitrogen and oxygen atoms in total. The van der Waals surface area contributed by atoms with Gasteiger partial charge >= 0.3 is 63.6 Å². The molecule has 0 heterocycles. The van der Waals surface area contributed by atoms with Gasteiger partial charge in [0.05, 0.1) is 0 Å². The summed E-state index contributed by atoms with van der Waals surface area (Å²) < 4.78 is 0. The van der Waals surface area contributed by atoms with Gasteiger partial charge in [-0.15, -0.1) is 0 Å². The van der Waals surface area contributed by atoms with E-state index in [4.69, 9.17) is 0 Å². The van der Waals surface area contributed by atoms with Crippen LogP contribution in [0.25, 0.3) is 0 Å². The van der Waals surface area contributed by atoms with Gasteiger partial charge in [0, 0.05) is 0 Å². The molecular formula is C8H10Se. The Labute approximate surface area is 64.1 Å². The van der Waals surface area contributed by atoms with Crippen LogP contribution in [0.15, 0.2) is 24.3 Å². The molecule has 0 bridgehead atoms. The van der Waals surface area contributed by atoms with E-state index in [9.17, 15) is 0 Å². The maximum absolute atomic E-state index is 2.58. The molecule has 0 unspecified atom stereocenters. The van der Waals surface area contributed by atoms with Crippen LogP contribution in [0, 0.1) is 6.92 Å². The van der Waals surface area contributed by atoms with E-state index in [1.165, 1.54) is 11.1 Å². The summed E-state index contributed by atoms with van der Waals surface area (Å²) in [5, 5.41) is 1.08. The van der Waals surface area contributed by atoms with E-state index in [2.05, 4.69) is 47.2 Å². The van der Waals surface area contributed by atoms with E-state index in [0.29, 0.717) is 0 Å². The Bertz CT molecular complexity index is 194. The normalized spacial score (nSPS) is 9.56. The van der Waals surface area contributed by atoms with E-state index >= 15 is 0 Å². The Morgan fingerprint density at radius 1 is 1.44 bits per heavy atom. The SMILES string of the molecule is Cc1cccc(C[SeH])c1. The second-order valence-corrected chi connectivity index (χ2v) is 2.81. The average molecular weight is 185 g/mol. The molecule has 0 saturated heterocycles. The van der Waals surface area contributed by atoms with Crippen LogP contribution in [0.4, 0.5) is 0 Å². The van der Waals surface area contributed by atoms with Gasteiger partial charge in [-0.1, -0.05) is 0 Å². The van der Waals surface area contributed by atoms with Gasteiger partial charge in [-0.05, 0) is 0 Å². The summed E-state index contributed by atoms with van der Waals surface area (Å²) in [5.41, 5.74) is 2.74. The molecule has 0 spiro atoms. The first-order valence-corrected chi connectivity index (χ1v) is 4.32. The van der Waals surface area contributed by atoms with Crippen LogP contribution in [-0.4, -0.2) is 16.0 Å². The van der Waals surface area contributed by atoms with Gasteiger partial charge in [-0.2, -0.15) is 0 Å². The molecule has 0 aliphatic carbocycles. The minimum absolute atomic E-state index is 1.08. The molecule has 0 atom stereocenters. The molecule has 9 heavy (non-hydrogen) atoms. The molecule has 1 rings (SSSR count). The van der Waals surface area contributed by atoms with Crippen molar-refractivity contribution in [2.45, 2.75) is 12.2 Å². The Balaban J connectivity index is 2.94. The van der Waals surface area contributed by atoms with Crippen molar-refractivity contribution in [2.24, 2.45) is 0 Å². The van der Waals surface area contributed by atoms with Crippen molar-refractivity contribution >= 4 is 16.0 Å². The van der Waals surface area contributed by atoms with Crippen molar-refractivity contribution in [1.29, 1.82) is 0 Å². The van der Waals surface area contributed by atoms with Gasteiger partial charge < -0.3 is 0 Å².